The van der Waals surface area contributed by atoms with Gasteiger partial charge in [0.2, 0.25) is 0 Å². The number of phenols is 1. The smallest absolute Gasteiger partial charge is 0.326 e. The van der Waals surface area contributed by atoms with Gasteiger partial charge in [0.1, 0.15) is 17.6 Å². The zero-order valence-corrected chi connectivity index (χ0v) is 13.7. The molecule has 1 heterocycles. The van der Waals surface area contributed by atoms with E-state index >= 15 is 0 Å². The molecule has 0 bridgehead atoms. The minimum atomic E-state index is -0.881. The molecular weight excluding hydrogens is 304 g/mol. The third-order valence-electron chi connectivity index (χ3n) is 3.99. The second-order valence-corrected chi connectivity index (χ2v) is 6.33. The number of imidazole rings is 1. The Morgan fingerprint density at radius 2 is 1.92 bits per heavy atom. The summed E-state index contributed by atoms with van der Waals surface area (Å²) in [6, 6.07) is 13.5. The maximum atomic E-state index is 11.9. The molecule has 0 saturated heterocycles. The summed E-state index contributed by atoms with van der Waals surface area (Å²) in [4.78, 5) is 16.6. The van der Waals surface area contributed by atoms with Crippen LogP contribution in [-0.2, 0) is 4.79 Å². The van der Waals surface area contributed by atoms with Crippen LogP contribution in [0.3, 0.4) is 0 Å². The van der Waals surface area contributed by atoms with Crippen LogP contribution >= 0.6 is 0 Å². The first-order chi connectivity index (χ1) is 11.5. The molecule has 1 aromatic heterocycles. The van der Waals surface area contributed by atoms with Crippen molar-refractivity contribution in [2.45, 2.75) is 26.3 Å². The van der Waals surface area contributed by atoms with Crippen LogP contribution in [0.2, 0.25) is 0 Å². The number of phenolic OH excluding ortho intramolecular Hbond substituents is 1. The lowest BCUT2D eigenvalue weighted by atomic mass is 10.0. The van der Waals surface area contributed by atoms with Gasteiger partial charge in [0.25, 0.3) is 0 Å². The number of carboxylic acid groups (broad SMARTS) is 1. The lowest BCUT2D eigenvalue weighted by Crippen LogP contribution is -2.21. The summed E-state index contributed by atoms with van der Waals surface area (Å²) in [6.45, 7) is 4.01. The molecular formula is C19H20N2O3. The fourth-order valence-corrected chi connectivity index (χ4v) is 2.97. The van der Waals surface area contributed by atoms with Crippen molar-refractivity contribution in [3.05, 3.63) is 48.5 Å². The maximum absolute atomic E-state index is 11.9. The minimum absolute atomic E-state index is 0.127. The number of rotatable bonds is 5. The monoisotopic (exact) mass is 324 g/mol. The Morgan fingerprint density at radius 1 is 1.17 bits per heavy atom. The second kappa shape index (κ2) is 6.35. The first kappa shape index (κ1) is 16.1. The van der Waals surface area contributed by atoms with Gasteiger partial charge in [-0.2, -0.15) is 0 Å². The van der Waals surface area contributed by atoms with Gasteiger partial charge in [-0.1, -0.05) is 38.1 Å². The Hall–Kier alpha value is -2.82. The number of hydrogen-bond acceptors (Lipinski definition) is 3. The summed E-state index contributed by atoms with van der Waals surface area (Å²) in [7, 11) is 0. The highest BCUT2D eigenvalue weighted by Crippen LogP contribution is 2.32. The molecule has 3 aromatic rings. The highest BCUT2D eigenvalue weighted by atomic mass is 16.4. The van der Waals surface area contributed by atoms with E-state index in [1.165, 1.54) is 0 Å². The van der Waals surface area contributed by atoms with Crippen molar-refractivity contribution in [1.82, 2.24) is 9.55 Å². The maximum Gasteiger partial charge on any atom is 0.326 e. The summed E-state index contributed by atoms with van der Waals surface area (Å²) >= 11 is 0. The van der Waals surface area contributed by atoms with E-state index in [0.717, 1.165) is 11.0 Å². The Kier molecular flexibility index (Phi) is 4.25. The Labute approximate surface area is 140 Å². The number of fused-ring (bicyclic) bond motifs is 1. The third kappa shape index (κ3) is 2.97. The van der Waals surface area contributed by atoms with Crippen LogP contribution in [0.1, 0.15) is 26.3 Å². The Bertz CT molecular complexity index is 883. The molecule has 0 aliphatic rings. The molecule has 2 N–H and O–H groups in total. The minimum Gasteiger partial charge on any atom is -0.508 e. The van der Waals surface area contributed by atoms with Crippen molar-refractivity contribution in [1.29, 1.82) is 0 Å². The number of para-hydroxylation sites is 2. The van der Waals surface area contributed by atoms with E-state index in [4.69, 9.17) is 0 Å². The molecule has 0 aliphatic carbocycles. The average Bonchev–Trinajstić information content (AvgIpc) is 2.91. The SMILES string of the molecule is CC(C)CC(C(=O)O)n1c(-c2cccc(O)c2)nc2ccccc21. The largest absolute Gasteiger partial charge is 0.508 e. The molecule has 5 heteroatoms. The summed E-state index contributed by atoms with van der Waals surface area (Å²) in [5.74, 6) is 0.0273. The second-order valence-electron chi connectivity index (χ2n) is 6.33. The third-order valence-corrected chi connectivity index (χ3v) is 3.99. The number of benzene rings is 2. The van der Waals surface area contributed by atoms with Gasteiger partial charge in [-0.25, -0.2) is 9.78 Å². The lowest BCUT2D eigenvalue weighted by molar-refractivity contribution is -0.141. The molecule has 2 aromatic carbocycles. The molecule has 0 saturated carbocycles. The number of aromatic hydroxyl groups is 1. The van der Waals surface area contributed by atoms with Crippen LogP contribution in [0.5, 0.6) is 5.75 Å². The molecule has 0 amide bonds. The number of carboxylic acids is 1. The first-order valence-electron chi connectivity index (χ1n) is 7.96. The average molecular weight is 324 g/mol. The van der Waals surface area contributed by atoms with Crippen LogP contribution in [0.15, 0.2) is 48.5 Å². The number of carbonyl (C=O) groups is 1. The van der Waals surface area contributed by atoms with Gasteiger partial charge < -0.3 is 14.8 Å². The Balaban J connectivity index is 2.27. The predicted molar refractivity (Wildman–Crippen MR) is 93.0 cm³/mol. The van der Waals surface area contributed by atoms with E-state index in [1.807, 2.05) is 44.2 Å². The molecule has 1 unspecified atom stereocenters. The highest BCUT2D eigenvalue weighted by molar-refractivity contribution is 5.84. The van der Waals surface area contributed by atoms with Gasteiger partial charge in [0.05, 0.1) is 11.0 Å². The Morgan fingerprint density at radius 3 is 2.58 bits per heavy atom. The molecule has 0 spiro atoms. The molecule has 5 nitrogen and oxygen atoms in total. The molecule has 0 fully saturated rings. The van der Waals surface area contributed by atoms with Crippen LogP contribution in [-0.4, -0.2) is 25.7 Å². The first-order valence-corrected chi connectivity index (χ1v) is 7.96. The fraction of sp³-hybridized carbons (Fsp3) is 0.263. The van der Waals surface area contributed by atoms with E-state index < -0.39 is 12.0 Å². The summed E-state index contributed by atoms with van der Waals surface area (Å²) in [5, 5.41) is 19.6. The van der Waals surface area contributed by atoms with Crippen molar-refractivity contribution < 1.29 is 15.0 Å². The van der Waals surface area contributed by atoms with Crippen LogP contribution in [0, 0.1) is 5.92 Å². The van der Waals surface area contributed by atoms with E-state index in [1.54, 1.807) is 22.8 Å². The fourth-order valence-electron chi connectivity index (χ4n) is 2.97. The summed E-state index contributed by atoms with van der Waals surface area (Å²) < 4.78 is 1.77. The molecule has 24 heavy (non-hydrogen) atoms. The van der Waals surface area contributed by atoms with E-state index in [9.17, 15) is 15.0 Å². The van der Waals surface area contributed by atoms with Gasteiger partial charge in [-0.3, -0.25) is 0 Å². The van der Waals surface area contributed by atoms with Crippen LogP contribution in [0.25, 0.3) is 22.4 Å². The molecule has 0 aliphatic heterocycles. The van der Waals surface area contributed by atoms with Crippen LogP contribution in [0.4, 0.5) is 0 Å². The van der Waals surface area contributed by atoms with Gasteiger partial charge in [-0.15, -0.1) is 0 Å². The zero-order valence-electron chi connectivity index (χ0n) is 13.7. The molecule has 124 valence electrons. The molecule has 1 atom stereocenters. The summed E-state index contributed by atoms with van der Waals surface area (Å²) in [6.07, 6.45) is 0.501. The number of hydrogen-bond donors (Lipinski definition) is 2. The topological polar surface area (TPSA) is 75.3 Å². The predicted octanol–water partition coefficient (Wildman–Crippen LogP) is 4.08. The van der Waals surface area contributed by atoms with Gasteiger partial charge in [0, 0.05) is 5.56 Å². The quantitative estimate of drug-likeness (QED) is 0.741. The van der Waals surface area contributed by atoms with Crippen molar-refractivity contribution in [3.8, 4) is 17.1 Å². The van der Waals surface area contributed by atoms with E-state index in [-0.39, 0.29) is 11.7 Å². The van der Waals surface area contributed by atoms with Crippen molar-refractivity contribution in [2.24, 2.45) is 5.92 Å². The number of aromatic nitrogens is 2. The number of aliphatic carboxylic acids is 1. The normalized spacial score (nSPS) is 12.6. The van der Waals surface area contributed by atoms with Crippen molar-refractivity contribution >= 4 is 17.0 Å². The lowest BCUT2D eigenvalue weighted by Gasteiger charge is -2.20. The van der Waals surface area contributed by atoms with Gasteiger partial charge in [-0.05, 0) is 36.6 Å². The van der Waals surface area contributed by atoms with E-state index in [0.29, 0.717) is 17.8 Å². The highest BCUT2D eigenvalue weighted by Gasteiger charge is 2.26. The zero-order chi connectivity index (χ0) is 17.3. The van der Waals surface area contributed by atoms with Crippen molar-refractivity contribution in [3.63, 3.8) is 0 Å². The van der Waals surface area contributed by atoms with E-state index in [2.05, 4.69) is 4.98 Å². The summed E-state index contributed by atoms with van der Waals surface area (Å²) in [5.41, 5.74) is 2.22. The van der Waals surface area contributed by atoms with Gasteiger partial charge in [0.15, 0.2) is 0 Å². The standard InChI is InChI=1S/C19H20N2O3/c1-12(2)10-17(19(23)24)21-16-9-4-3-8-15(16)20-18(21)13-6-5-7-14(22)11-13/h3-9,11-12,17,22H,10H2,1-2H3,(H,23,24). The number of nitrogens with zero attached hydrogens (tertiary/aromatic N) is 2. The molecule has 3 rings (SSSR count). The van der Waals surface area contributed by atoms with Crippen molar-refractivity contribution in [2.75, 3.05) is 0 Å². The van der Waals surface area contributed by atoms with Crippen LogP contribution < -0.4 is 0 Å². The molecule has 0 radical (unpaired) electrons. The van der Waals surface area contributed by atoms with Gasteiger partial charge >= 0.3 is 5.97 Å².